The van der Waals surface area contributed by atoms with Crippen LogP contribution in [0.3, 0.4) is 0 Å². The number of thiophene rings is 1. The Kier molecular flexibility index (Phi) is 5.71. The normalized spacial score (nSPS) is 11.2. The van der Waals surface area contributed by atoms with Crippen molar-refractivity contribution in [1.82, 2.24) is 0 Å². The molecule has 2 heteroatoms. The van der Waals surface area contributed by atoms with Crippen LogP contribution in [0.4, 0.5) is 0 Å². The first kappa shape index (κ1) is 14.1. The summed E-state index contributed by atoms with van der Waals surface area (Å²) in [5.41, 5.74) is 0. The largest absolute Gasteiger partial charge is 0.140 e. The van der Waals surface area contributed by atoms with Gasteiger partial charge in [-0.15, -0.1) is 11.3 Å². The number of hydrogen-bond acceptors (Lipinski definition) is 1. The van der Waals surface area contributed by atoms with E-state index in [-0.39, 0.29) is 0 Å². The first-order valence-electron chi connectivity index (χ1n) is 6.97. The minimum absolute atomic E-state index is 1.18. The van der Waals surface area contributed by atoms with Gasteiger partial charge in [0, 0.05) is 14.0 Å². The molecule has 1 aromatic carbocycles. The van der Waals surface area contributed by atoms with Gasteiger partial charge in [-0.3, -0.25) is 0 Å². The molecule has 0 nitrogen and oxygen atoms in total. The minimum atomic E-state index is 1.18. The lowest BCUT2D eigenvalue weighted by molar-refractivity contribution is 0.609. The molecule has 0 spiro atoms. The van der Waals surface area contributed by atoms with Crippen molar-refractivity contribution in [3.8, 4) is 0 Å². The average molecular weight is 325 g/mol. The van der Waals surface area contributed by atoms with Gasteiger partial charge in [0.05, 0.1) is 0 Å². The summed E-state index contributed by atoms with van der Waals surface area (Å²) in [5.74, 6) is 0. The number of benzene rings is 1. The third kappa shape index (κ3) is 4.10. The van der Waals surface area contributed by atoms with E-state index in [4.69, 9.17) is 0 Å². The van der Waals surface area contributed by atoms with Gasteiger partial charge in [0.1, 0.15) is 0 Å². The Morgan fingerprint density at radius 2 is 1.78 bits per heavy atom. The highest BCUT2D eigenvalue weighted by Crippen LogP contribution is 2.29. The maximum atomic E-state index is 3.53. The van der Waals surface area contributed by atoms with E-state index >= 15 is 0 Å². The smallest absolute Gasteiger partial charge is 0.0346 e. The van der Waals surface area contributed by atoms with Gasteiger partial charge < -0.3 is 0 Å². The van der Waals surface area contributed by atoms with E-state index in [1.165, 1.54) is 59.5 Å². The molecule has 0 bridgehead atoms. The summed E-state index contributed by atoms with van der Waals surface area (Å²) in [5, 5.41) is 1.38. The van der Waals surface area contributed by atoms with E-state index in [1.54, 1.807) is 4.88 Å². The van der Waals surface area contributed by atoms with Crippen LogP contribution in [0, 0.1) is 0 Å². The Morgan fingerprint density at radius 3 is 2.61 bits per heavy atom. The van der Waals surface area contributed by atoms with Gasteiger partial charge in [0.15, 0.2) is 0 Å². The van der Waals surface area contributed by atoms with Crippen LogP contribution in [0.15, 0.2) is 28.7 Å². The Morgan fingerprint density at radius 1 is 1.00 bits per heavy atom. The maximum Gasteiger partial charge on any atom is 0.0346 e. The molecule has 2 aromatic rings. The SMILES string of the molecule is CCCCCCCCc1cc2cc(Br)ccc2s1. The molecule has 1 aromatic heterocycles. The van der Waals surface area contributed by atoms with Gasteiger partial charge >= 0.3 is 0 Å². The number of aryl methyl sites for hydroxylation is 1. The van der Waals surface area contributed by atoms with Crippen molar-refractivity contribution in [3.63, 3.8) is 0 Å². The van der Waals surface area contributed by atoms with Gasteiger partial charge in [-0.2, -0.15) is 0 Å². The fraction of sp³-hybridized carbons (Fsp3) is 0.500. The number of halogens is 1. The van der Waals surface area contributed by atoms with E-state index in [9.17, 15) is 0 Å². The zero-order valence-electron chi connectivity index (χ0n) is 11.0. The van der Waals surface area contributed by atoms with Crippen molar-refractivity contribution in [3.05, 3.63) is 33.6 Å². The standard InChI is InChI=1S/C16H21BrS/c1-2-3-4-5-6-7-8-15-12-13-11-14(17)9-10-16(13)18-15/h9-12H,2-8H2,1H3. The third-order valence-electron chi connectivity index (χ3n) is 3.31. The lowest BCUT2D eigenvalue weighted by Crippen LogP contribution is -1.82. The molecule has 0 saturated heterocycles. The topological polar surface area (TPSA) is 0 Å². The summed E-state index contributed by atoms with van der Waals surface area (Å²) in [6.45, 7) is 2.27. The molecule has 0 N–H and O–H groups in total. The predicted molar refractivity (Wildman–Crippen MR) is 86.6 cm³/mol. The Bertz CT molecular complexity index is 487. The van der Waals surface area contributed by atoms with E-state index in [1.807, 2.05) is 11.3 Å². The molecule has 0 aliphatic carbocycles. The van der Waals surface area contributed by atoms with Crippen LogP contribution in [-0.4, -0.2) is 0 Å². The molecule has 2 rings (SSSR count). The van der Waals surface area contributed by atoms with Crippen molar-refractivity contribution < 1.29 is 0 Å². The molecule has 18 heavy (non-hydrogen) atoms. The molecule has 0 saturated carbocycles. The van der Waals surface area contributed by atoms with Crippen LogP contribution >= 0.6 is 27.3 Å². The Balaban J connectivity index is 1.81. The second-order valence-electron chi connectivity index (χ2n) is 4.91. The highest BCUT2D eigenvalue weighted by atomic mass is 79.9. The molecular weight excluding hydrogens is 304 g/mol. The van der Waals surface area contributed by atoms with Gasteiger partial charge in [0.2, 0.25) is 0 Å². The van der Waals surface area contributed by atoms with Gasteiger partial charge in [-0.25, -0.2) is 0 Å². The molecule has 1 heterocycles. The third-order valence-corrected chi connectivity index (χ3v) is 4.98. The van der Waals surface area contributed by atoms with E-state index < -0.39 is 0 Å². The molecule has 0 fully saturated rings. The summed E-state index contributed by atoms with van der Waals surface area (Å²) in [6.07, 6.45) is 9.54. The van der Waals surface area contributed by atoms with Crippen LogP contribution < -0.4 is 0 Å². The number of hydrogen-bond donors (Lipinski definition) is 0. The molecule has 0 unspecified atom stereocenters. The first-order chi connectivity index (χ1) is 8.79. The van der Waals surface area contributed by atoms with Crippen LogP contribution in [0.25, 0.3) is 10.1 Å². The second-order valence-corrected chi connectivity index (χ2v) is 7.00. The average Bonchev–Trinajstić information content (AvgIpc) is 2.75. The molecule has 0 aliphatic heterocycles. The fourth-order valence-electron chi connectivity index (χ4n) is 2.27. The maximum absolute atomic E-state index is 3.53. The van der Waals surface area contributed by atoms with E-state index in [0.717, 1.165) is 0 Å². The van der Waals surface area contributed by atoms with Crippen LogP contribution in [0.2, 0.25) is 0 Å². The number of unbranched alkanes of at least 4 members (excludes halogenated alkanes) is 5. The van der Waals surface area contributed by atoms with Crippen LogP contribution in [0.1, 0.15) is 50.3 Å². The van der Waals surface area contributed by atoms with Gasteiger partial charge in [0.25, 0.3) is 0 Å². The molecule has 0 amide bonds. The zero-order valence-corrected chi connectivity index (χ0v) is 13.4. The molecule has 0 atom stereocenters. The summed E-state index contributed by atoms with van der Waals surface area (Å²) in [6, 6.07) is 8.93. The monoisotopic (exact) mass is 324 g/mol. The first-order valence-corrected chi connectivity index (χ1v) is 8.58. The van der Waals surface area contributed by atoms with E-state index in [2.05, 4.69) is 47.1 Å². The number of fused-ring (bicyclic) bond motifs is 1. The predicted octanol–water partition coefficient (Wildman–Crippen LogP) is 6.57. The number of rotatable bonds is 7. The minimum Gasteiger partial charge on any atom is -0.140 e. The van der Waals surface area contributed by atoms with Crippen molar-refractivity contribution in [2.24, 2.45) is 0 Å². The lowest BCUT2D eigenvalue weighted by atomic mass is 10.1. The zero-order chi connectivity index (χ0) is 12.8. The van der Waals surface area contributed by atoms with Crippen LogP contribution in [0.5, 0.6) is 0 Å². The highest BCUT2D eigenvalue weighted by Gasteiger charge is 2.02. The van der Waals surface area contributed by atoms with Crippen molar-refractivity contribution >= 4 is 37.4 Å². The van der Waals surface area contributed by atoms with Crippen molar-refractivity contribution in [1.29, 1.82) is 0 Å². The second kappa shape index (κ2) is 7.30. The lowest BCUT2D eigenvalue weighted by Gasteiger charge is -1.98. The molecular formula is C16H21BrS. The molecule has 0 aliphatic rings. The highest BCUT2D eigenvalue weighted by molar-refractivity contribution is 9.10. The summed E-state index contributed by atoms with van der Waals surface area (Å²) >= 11 is 5.49. The summed E-state index contributed by atoms with van der Waals surface area (Å²) < 4.78 is 2.60. The van der Waals surface area contributed by atoms with E-state index in [0.29, 0.717) is 0 Å². The van der Waals surface area contributed by atoms with Gasteiger partial charge in [-0.1, -0.05) is 55.0 Å². The Labute approximate surface area is 123 Å². The summed E-state index contributed by atoms with van der Waals surface area (Å²) in [7, 11) is 0. The molecule has 98 valence electrons. The van der Waals surface area contributed by atoms with Crippen molar-refractivity contribution in [2.45, 2.75) is 51.9 Å². The van der Waals surface area contributed by atoms with Crippen molar-refractivity contribution in [2.75, 3.05) is 0 Å². The fourth-order valence-corrected chi connectivity index (χ4v) is 3.74. The summed E-state index contributed by atoms with van der Waals surface area (Å²) in [4.78, 5) is 1.54. The quantitative estimate of drug-likeness (QED) is 0.505. The molecule has 0 radical (unpaired) electrons. The Hall–Kier alpha value is -0.340. The van der Waals surface area contributed by atoms with Crippen LogP contribution in [-0.2, 0) is 6.42 Å². The van der Waals surface area contributed by atoms with Gasteiger partial charge in [-0.05, 0) is 42.5 Å².